The summed E-state index contributed by atoms with van der Waals surface area (Å²) in [4.78, 5) is 4.51. The Balaban J connectivity index is 2.30. The van der Waals surface area contributed by atoms with Crippen LogP contribution in [0.3, 0.4) is 0 Å². The van der Waals surface area contributed by atoms with Gasteiger partial charge in [-0.3, -0.25) is 4.98 Å². The highest BCUT2D eigenvalue weighted by Gasteiger charge is 2.24. The van der Waals surface area contributed by atoms with E-state index in [2.05, 4.69) is 68.1 Å². The van der Waals surface area contributed by atoms with Crippen LogP contribution in [0.5, 0.6) is 0 Å². The summed E-state index contributed by atoms with van der Waals surface area (Å²) in [5.74, 6) is 0.320. The highest BCUT2D eigenvalue weighted by atomic mass is 79.9. The van der Waals surface area contributed by atoms with Gasteiger partial charge in [-0.15, -0.1) is 11.3 Å². The molecule has 2 rings (SSSR count). The van der Waals surface area contributed by atoms with Gasteiger partial charge in [-0.1, -0.05) is 19.9 Å². The van der Waals surface area contributed by atoms with Crippen LogP contribution >= 0.6 is 43.2 Å². The predicted octanol–water partition coefficient (Wildman–Crippen LogP) is 5.51. The minimum Gasteiger partial charge on any atom is -0.309 e. The summed E-state index contributed by atoms with van der Waals surface area (Å²) >= 11 is 8.97. The molecule has 0 bridgehead atoms. The second-order valence-electron chi connectivity index (χ2n) is 4.75. The molecule has 108 valence electrons. The molecular formula is C15H18Br2N2S. The number of thiophene rings is 1. The number of halogens is 2. The third-order valence-corrected chi connectivity index (χ3v) is 5.67. The van der Waals surface area contributed by atoms with Crippen molar-refractivity contribution in [3.05, 3.63) is 49.3 Å². The van der Waals surface area contributed by atoms with E-state index >= 15 is 0 Å². The predicted molar refractivity (Wildman–Crippen MR) is 93.4 cm³/mol. The molecule has 2 aromatic rings. The second-order valence-corrected chi connectivity index (χ2v) is 8.50. The van der Waals surface area contributed by atoms with Crippen LogP contribution in [-0.2, 0) is 0 Å². The number of hydrogen-bond acceptors (Lipinski definition) is 3. The zero-order valence-corrected chi connectivity index (χ0v) is 15.6. The Labute approximate surface area is 141 Å². The van der Waals surface area contributed by atoms with E-state index < -0.39 is 0 Å². The molecular weight excluding hydrogens is 400 g/mol. The van der Waals surface area contributed by atoms with Gasteiger partial charge >= 0.3 is 0 Å². The van der Waals surface area contributed by atoms with Crippen molar-refractivity contribution in [2.75, 3.05) is 6.54 Å². The minimum absolute atomic E-state index is 0.266. The molecule has 0 amide bonds. The highest BCUT2D eigenvalue weighted by Crippen LogP contribution is 2.40. The summed E-state index contributed by atoms with van der Waals surface area (Å²) < 4.78 is 2.33. The average molecular weight is 418 g/mol. The van der Waals surface area contributed by atoms with Crippen molar-refractivity contribution in [1.82, 2.24) is 10.3 Å². The Morgan fingerprint density at radius 3 is 2.70 bits per heavy atom. The maximum atomic E-state index is 4.51. The summed E-state index contributed by atoms with van der Waals surface area (Å²) in [7, 11) is 0. The van der Waals surface area contributed by atoms with E-state index in [4.69, 9.17) is 0 Å². The van der Waals surface area contributed by atoms with E-state index in [0.29, 0.717) is 5.92 Å². The number of rotatable bonds is 6. The molecule has 0 aliphatic heterocycles. The quantitative estimate of drug-likeness (QED) is 0.669. The number of pyridine rings is 1. The van der Waals surface area contributed by atoms with Crippen LogP contribution in [0.15, 0.2) is 38.0 Å². The van der Waals surface area contributed by atoms with E-state index in [1.54, 1.807) is 11.3 Å². The van der Waals surface area contributed by atoms with Gasteiger partial charge in [0.1, 0.15) is 0 Å². The SMILES string of the molecule is CCCNC(c1cc(Br)sc1Br)C(C)c1ccccn1. The lowest BCUT2D eigenvalue weighted by molar-refractivity contribution is 0.459. The Morgan fingerprint density at radius 1 is 1.35 bits per heavy atom. The fourth-order valence-electron chi connectivity index (χ4n) is 2.24. The number of aromatic nitrogens is 1. The number of hydrogen-bond donors (Lipinski definition) is 1. The van der Waals surface area contributed by atoms with E-state index in [0.717, 1.165) is 22.4 Å². The van der Waals surface area contributed by atoms with E-state index in [1.807, 2.05) is 18.3 Å². The molecule has 2 atom stereocenters. The molecule has 0 spiro atoms. The molecule has 2 nitrogen and oxygen atoms in total. The first-order chi connectivity index (χ1) is 9.63. The Bertz CT molecular complexity index is 542. The topological polar surface area (TPSA) is 24.9 Å². The van der Waals surface area contributed by atoms with Crippen molar-refractivity contribution in [1.29, 1.82) is 0 Å². The molecule has 0 radical (unpaired) electrons. The van der Waals surface area contributed by atoms with Crippen LogP contribution in [0, 0.1) is 0 Å². The lowest BCUT2D eigenvalue weighted by Crippen LogP contribution is -2.27. The van der Waals surface area contributed by atoms with Crippen molar-refractivity contribution in [2.24, 2.45) is 0 Å². The molecule has 5 heteroatoms. The largest absolute Gasteiger partial charge is 0.309 e. The molecule has 2 aromatic heterocycles. The first-order valence-corrected chi connectivity index (χ1v) is 9.12. The monoisotopic (exact) mass is 416 g/mol. The second kappa shape index (κ2) is 7.69. The van der Waals surface area contributed by atoms with Crippen molar-refractivity contribution < 1.29 is 0 Å². The summed E-state index contributed by atoms with van der Waals surface area (Å²) in [5.41, 5.74) is 2.42. The molecule has 0 aliphatic rings. The van der Waals surface area contributed by atoms with E-state index in [9.17, 15) is 0 Å². The van der Waals surface area contributed by atoms with Crippen molar-refractivity contribution >= 4 is 43.2 Å². The lowest BCUT2D eigenvalue weighted by atomic mass is 9.93. The molecule has 0 fully saturated rings. The zero-order valence-electron chi connectivity index (χ0n) is 11.6. The Hall–Kier alpha value is -0.230. The van der Waals surface area contributed by atoms with Crippen LogP contribution < -0.4 is 5.32 Å². The van der Waals surface area contributed by atoms with Crippen LogP contribution in [0.25, 0.3) is 0 Å². The molecule has 0 aliphatic carbocycles. The molecule has 0 saturated heterocycles. The number of nitrogens with zero attached hydrogens (tertiary/aromatic N) is 1. The smallest absolute Gasteiger partial charge is 0.0758 e. The fraction of sp³-hybridized carbons (Fsp3) is 0.400. The van der Waals surface area contributed by atoms with Gasteiger partial charge in [-0.05, 0) is 68.6 Å². The van der Waals surface area contributed by atoms with Crippen LogP contribution in [0.1, 0.15) is 43.5 Å². The fourth-order valence-corrected chi connectivity index (χ4v) is 5.17. The van der Waals surface area contributed by atoms with Gasteiger partial charge in [0.05, 0.1) is 7.57 Å². The van der Waals surface area contributed by atoms with Gasteiger partial charge in [0.15, 0.2) is 0 Å². The Kier molecular flexibility index (Phi) is 6.20. The maximum Gasteiger partial charge on any atom is 0.0758 e. The Morgan fingerprint density at radius 2 is 2.15 bits per heavy atom. The van der Waals surface area contributed by atoms with E-state index in [1.165, 1.54) is 9.35 Å². The summed E-state index contributed by atoms with van der Waals surface area (Å²) in [6, 6.07) is 8.57. The molecule has 1 N–H and O–H groups in total. The van der Waals surface area contributed by atoms with Crippen molar-refractivity contribution in [3.8, 4) is 0 Å². The standard InChI is InChI=1S/C15H18Br2N2S/c1-3-7-19-14(11-9-13(16)20-15(11)17)10(2)12-6-4-5-8-18-12/h4-6,8-10,14,19H,3,7H2,1-2H3. The highest BCUT2D eigenvalue weighted by molar-refractivity contribution is 9.12. The molecule has 0 saturated carbocycles. The van der Waals surface area contributed by atoms with E-state index in [-0.39, 0.29) is 6.04 Å². The summed E-state index contributed by atoms with van der Waals surface area (Å²) in [6.45, 7) is 5.42. The molecule has 2 unspecified atom stereocenters. The number of nitrogens with one attached hydrogen (secondary N) is 1. The van der Waals surface area contributed by atoms with Gasteiger partial charge < -0.3 is 5.32 Å². The van der Waals surface area contributed by atoms with Crippen LogP contribution in [-0.4, -0.2) is 11.5 Å². The molecule has 20 heavy (non-hydrogen) atoms. The summed E-state index contributed by atoms with van der Waals surface area (Å²) in [5, 5.41) is 3.65. The third kappa shape index (κ3) is 3.91. The van der Waals surface area contributed by atoms with Gasteiger partial charge in [0.25, 0.3) is 0 Å². The average Bonchev–Trinajstić information content (AvgIpc) is 2.79. The lowest BCUT2D eigenvalue weighted by Gasteiger charge is -2.25. The third-order valence-electron chi connectivity index (χ3n) is 3.29. The zero-order chi connectivity index (χ0) is 14.5. The normalized spacial score (nSPS) is 14.2. The molecule has 2 heterocycles. The van der Waals surface area contributed by atoms with Gasteiger partial charge in [-0.25, -0.2) is 0 Å². The van der Waals surface area contributed by atoms with Crippen LogP contribution in [0.2, 0.25) is 0 Å². The minimum atomic E-state index is 0.266. The first kappa shape index (κ1) is 16.1. The van der Waals surface area contributed by atoms with Crippen molar-refractivity contribution in [3.63, 3.8) is 0 Å². The molecule has 0 aromatic carbocycles. The maximum absolute atomic E-state index is 4.51. The van der Waals surface area contributed by atoms with Gasteiger partial charge in [0.2, 0.25) is 0 Å². The van der Waals surface area contributed by atoms with Crippen LogP contribution in [0.4, 0.5) is 0 Å². The van der Waals surface area contributed by atoms with Gasteiger partial charge in [-0.2, -0.15) is 0 Å². The summed E-state index contributed by atoms with van der Waals surface area (Å²) in [6.07, 6.45) is 2.98. The van der Waals surface area contributed by atoms with Crippen molar-refractivity contribution in [2.45, 2.75) is 32.2 Å². The first-order valence-electron chi connectivity index (χ1n) is 6.72. The van der Waals surface area contributed by atoms with Gasteiger partial charge in [0, 0.05) is 23.9 Å².